The van der Waals surface area contributed by atoms with Gasteiger partial charge in [-0.25, -0.2) is 25.0 Å². The number of carboxylic acid groups (broad SMARTS) is 2. The van der Waals surface area contributed by atoms with Crippen molar-refractivity contribution in [2.24, 2.45) is 58.6 Å². The lowest BCUT2D eigenvalue weighted by molar-refractivity contribution is -0.144. The number of hydrogen-bond donors (Lipinski definition) is 3. The Kier molecular flexibility index (Phi) is 9.08. The summed E-state index contributed by atoms with van der Waals surface area (Å²) in [5, 5.41) is 20.5. The Morgan fingerprint density at radius 1 is 0.762 bits per heavy atom. The van der Waals surface area contributed by atoms with E-state index in [9.17, 15) is 19.8 Å². The van der Waals surface area contributed by atoms with Crippen LogP contribution in [0.3, 0.4) is 0 Å². The molecule has 10 heterocycles. The molecular formula is C44H44N12O6Si. The molecule has 0 radical (unpaired) electrons. The zero-order chi connectivity index (χ0) is 42.4. The third-order valence-electron chi connectivity index (χ3n) is 13.9. The summed E-state index contributed by atoms with van der Waals surface area (Å²) in [6, 6.07) is 7.76. The van der Waals surface area contributed by atoms with E-state index >= 15 is 0 Å². The second-order valence-electron chi connectivity index (χ2n) is 17.6. The predicted molar refractivity (Wildman–Crippen MR) is 233 cm³/mol. The van der Waals surface area contributed by atoms with E-state index in [2.05, 4.69) is 9.55 Å². The molecule has 4 aromatic heterocycles. The number of fused-ring (bicyclic) bond motifs is 14. The first kappa shape index (κ1) is 38.4. The highest BCUT2D eigenvalue weighted by molar-refractivity contribution is 6.66. The number of nitrogens with zero attached hydrogens (tertiary/aromatic N) is 11. The molecule has 18 nitrogen and oxygen atoms in total. The van der Waals surface area contributed by atoms with Crippen molar-refractivity contribution in [1.82, 2.24) is 23.8 Å². The van der Waals surface area contributed by atoms with E-state index in [1.807, 2.05) is 40.9 Å². The fraction of sp³-hybridized carbons (Fsp3) is 0.432. The largest absolute Gasteiger partial charge is 0.599 e. The lowest BCUT2D eigenvalue weighted by Crippen LogP contribution is -2.70. The lowest BCUT2D eigenvalue weighted by Gasteiger charge is -2.42. The van der Waals surface area contributed by atoms with Crippen molar-refractivity contribution < 1.29 is 28.7 Å². The van der Waals surface area contributed by atoms with Crippen LogP contribution in [0.25, 0.3) is 10.9 Å². The third kappa shape index (κ3) is 6.14. The highest BCUT2D eigenvalue weighted by Crippen LogP contribution is 2.47. The molecule has 19 heteroatoms. The number of rotatable bonds is 8. The van der Waals surface area contributed by atoms with Crippen molar-refractivity contribution in [3.8, 4) is 0 Å². The average Bonchev–Trinajstić information content (AvgIpc) is 4.03. The molecule has 6 aliphatic heterocycles. The second-order valence-corrected chi connectivity index (χ2v) is 20.2. The molecule has 0 aromatic carbocycles. The minimum atomic E-state index is -4.40. The highest BCUT2D eigenvalue weighted by atomic mass is 28.4. The number of amidine groups is 3. The van der Waals surface area contributed by atoms with E-state index in [-0.39, 0.29) is 25.0 Å². The van der Waals surface area contributed by atoms with Crippen molar-refractivity contribution in [2.45, 2.75) is 83.2 Å². The Labute approximate surface area is 361 Å². The smallest absolute Gasteiger partial charge is 0.481 e. The van der Waals surface area contributed by atoms with Crippen LogP contribution < -0.4 is 11.0 Å². The summed E-state index contributed by atoms with van der Waals surface area (Å²) in [6.45, 7) is 0.485. The minimum absolute atomic E-state index is 0.0221. The van der Waals surface area contributed by atoms with Gasteiger partial charge in [-0.3, -0.25) is 38.3 Å². The fourth-order valence-electron chi connectivity index (χ4n) is 10.5. The van der Waals surface area contributed by atoms with Crippen molar-refractivity contribution in [2.75, 3.05) is 13.2 Å². The standard InChI is InChI=1S/C44H44N12O6Si/c57-43(58)25-13-9-23(10-14-25)21-61-63(62-22-24-11-15-26(16-12-24)44(59)60)55-40-29-7-3-19-47-33(29)41(55)51-35-27-5-1-17-45-31(27)37(49-35)53-39-30-8-4-20-48-34(30)42(56(39)63)52-36-28-6-2-18-46-32(28)38(50-36)54-40/h3-4,7-8,17-20,23-26,41,50H,1-2,5-6,9-16,21-22H2,(H,57,58)(H,59,60). The molecule has 2 saturated carbocycles. The predicted octanol–water partition coefficient (Wildman–Crippen LogP) is 5.43. The Hall–Kier alpha value is -6.31. The average molecular weight is 865 g/mol. The van der Waals surface area contributed by atoms with Crippen LogP contribution in [0, 0.1) is 23.7 Å². The normalized spacial score (nSPS) is 27.7. The number of carboxylic acids is 2. The highest BCUT2D eigenvalue weighted by Gasteiger charge is 2.61. The molecule has 4 aromatic rings. The van der Waals surface area contributed by atoms with E-state index in [0.29, 0.717) is 132 Å². The van der Waals surface area contributed by atoms with Gasteiger partial charge in [-0.15, -0.1) is 0 Å². The fourth-order valence-corrected chi connectivity index (χ4v) is 14.0. The molecule has 6 bridgehead atoms. The maximum absolute atomic E-state index is 12.1. The molecule has 1 atom stereocenters. The number of hydrogen-bond acceptors (Lipinski definition) is 14. The summed E-state index contributed by atoms with van der Waals surface area (Å²) in [6.07, 6.45) is 14.1. The first-order chi connectivity index (χ1) is 30.8. The Morgan fingerprint density at radius 3 is 2.21 bits per heavy atom. The van der Waals surface area contributed by atoms with Gasteiger partial charge >= 0.3 is 20.8 Å². The molecule has 63 heavy (non-hydrogen) atoms. The molecule has 0 saturated heterocycles. The summed E-state index contributed by atoms with van der Waals surface area (Å²) >= 11 is 0. The number of nitrogens with one attached hydrogen (secondary N) is 1. The van der Waals surface area contributed by atoms with Crippen LogP contribution in [0.2, 0.25) is 0 Å². The quantitative estimate of drug-likeness (QED) is 0.192. The van der Waals surface area contributed by atoms with Crippen LogP contribution in [0.1, 0.15) is 93.6 Å². The zero-order valence-electron chi connectivity index (χ0n) is 34.4. The number of pyridine rings is 2. The Balaban J connectivity index is 1.17. The summed E-state index contributed by atoms with van der Waals surface area (Å²) in [7, 11) is -4.40. The van der Waals surface area contributed by atoms with E-state index in [1.54, 1.807) is 12.4 Å². The molecular weight excluding hydrogens is 821 g/mol. The van der Waals surface area contributed by atoms with Gasteiger partial charge in [0.15, 0.2) is 29.1 Å². The van der Waals surface area contributed by atoms with Gasteiger partial charge in [0.05, 0.1) is 17.5 Å². The van der Waals surface area contributed by atoms with Crippen LogP contribution in [-0.4, -0.2) is 97.9 Å². The van der Waals surface area contributed by atoms with E-state index in [4.69, 9.17) is 53.8 Å². The van der Waals surface area contributed by atoms with E-state index < -0.39 is 38.8 Å². The molecule has 12 rings (SSSR count). The zero-order valence-corrected chi connectivity index (χ0v) is 35.4. The number of aromatic nitrogens is 4. The number of H-pyrrole nitrogens is 1. The molecule has 2 fully saturated rings. The molecule has 0 spiro atoms. The Bertz CT molecular complexity index is 2910. The van der Waals surface area contributed by atoms with Crippen molar-refractivity contribution in [3.63, 3.8) is 0 Å². The molecule has 1 unspecified atom stereocenters. The maximum Gasteiger partial charge on any atom is 0.599 e. The van der Waals surface area contributed by atoms with Crippen molar-refractivity contribution in [1.29, 1.82) is 0 Å². The van der Waals surface area contributed by atoms with Crippen molar-refractivity contribution in [3.05, 3.63) is 75.7 Å². The van der Waals surface area contributed by atoms with Gasteiger partial charge < -0.3 is 24.0 Å². The molecule has 0 amide bonds. The molecule has 320 valence electrons. The van der Waals surface area contributed by atoms with E-state index in [1.165, 1.54) is 0 Å². The SMILES string of the molecule is O=C(O)C1CCC(CO[Si]2(OCC3CCC(C(=O)O)CC3)N3C4=Nc5[nH]c(c6c5N=CCC6)N=c5c6ncccc6c(n52)=NC2=NC(=NC3c3ncccc34)C3=C2N=CCC3)CC1. The summed E-state index contributed by atoms with van der Waals surface area (Å²) < 4.78 is 19.6. The van der Waals surface area contributed by atoms with Crippen LogP contribution in [0.4, 0.5) is 17.3 Å². The van der Waals surface area contributed by atoms with Crippen LogP contribution in [0.15, 0.2) is 82.9 Å². The van der Waals surface area contributed by atoms with Gasteiger partial charge in [0.25, 0.3) is 0 Å². The number of aromatic amines is 1. The minimum Gasteiger partial charge on any atom is -0.481 e. The summed E-state index contributed by atoms with van der Waals surface area (Å²) in [5.41, 5.74) is 6.13. The lowest BCUT2D eigenvalue weighted by atomic mass is 9.82. The second kappa shape index (κ2) is 14.9. The molecule has 8 aliphatic rings. The number of aliphatic carboxylic acids is 2. The van der Waals surface area contributed by atoms with Gasteiger partial charge in [0.1, 0.15) is 34.0 Å². The van der Waals surface area contributed by atoms with Gasteiger partial charge in [0.2, 0.25) is 0 Å². The van der Waals surface area contributed by atoms with Gasteiger partial charge in [0, 0.05) is 60.1 Å². The van der Waals surface area contributed by atoms with E-state index in [0.717, 1.165) is 29.5 Å². The van der Waals surface area contributed by atoms with Crippen LogP contribution in [0.5, 0.6) is 0 Å². The summed E-state index contributed by atoms with van der Waals surface area (Å²) in [5.74, 6) is 0.297. The maximum atomic E-state index is 12.1. The molecule has 2 aliphatic carbocycles. The number of carbonyl (C=O) groups is 2. The topological polar surface area (TPSA) is 229 Å². The molecule has 3 N–H and O–H groups in total. The van der Waals surface area contributed by atoms with Gasteiger partial charge in [-0.2, -0.15) is 0 Å². The monoisotopic (exact) mass is 864 g/mol. The Morgan fingerprint density at radius 2 is 1.46 bits per heavy atom. The van der Waals surface area contributed by atoms with Crippen molar-refractivity contribution >= 4 is 79.0 Å². The van der Waals surface area contributed by atoms with Gasteiger partial charge in [-0.1, -0.05) is 0 Å². The number of aliphatic imine (C=N–C) groups is 5. The van der Waals surface area contributed by atoms with Crippen LogP contribution in [-0.2, 0) is 24.9 Å². The first-order valence-electron chi connectivity index (χ1n) is 22.0. The van der Waals surface area contributed by atoms with Crippen LogP contribution >= 0.6 is 0 Å². The third-order valence-corrected chi connectivity index (χ3v) is 17.0. The van der Waals surface area contributed by atoms with Gasteiger partial charge in [-0.05, 0) is 113 Å². The first-order valence-corrected chi connectivity index (χ1v) is 23.8. The summed E-state index contributed by atoms with van der Waals surface area (Å²) in [4.78, 5) is 74.6.